The SMILES string of the molecule is ClC1(Cl)O[Si](c2ccccc2)(c2ccccc2)[Si](c2ccccc2)(c2ccccc2)[Si](c2ccccc2)(c2ccccc2)[Si]1(c1ccccc1)c1ccccc1. The molecule has 0 bridgehead atoms. The second-order valence-electron chi connectivity index (χ2n) is 14.5. The third kappa shape index (κ3) is 5.13. The topological polar surface area (TPSA) is 9.23 Å². The highest BCUT2D eigenvalue weighted by molar-refractivity contribution is 8.00. The Bertz CT molecular complexity index is 2360. The lowest BCUT2D eigenvalue weighted by Crippen LogP contribution is -3.13. The van der Waals surface area contributed by atoms with E-state index in [0.717, 1.165) is 0 Å². The quantitative estimate of drug-likeness (QED) is 0.126. The van der Waals surface area contributed by atoms with E-state index < -0.39 is 33.8 Å². The molecule has 9 rings (SSSR count). The zero-order chi connectivity index (χ0) is 38.1. The van der Waals surface area contributed by atoms with Crippen molar-refractivity contribution in [3.8, 4) is 0 Å². The van der Waals surface area contributed by atoms with Crippen LogP contribution in [0, 0.1) is 0 Å². The van der Waals surface area contributed by atoms with Crippen molar-refractivity contribution < 1.29 is 4.43 Å². The summed E-state index contributed by atoms with van der Waals surface area (Å²) in [6, 6.07) is 89.8. The van der Waals surface area contributed by atoms with Crippen molar-refractivity contribution in [1.29, 1.82) is 0 Å². The van der Waals surface area contributed by atoms with Crippen molar-refractivity contribution in [3.05, 3.63) is 243 Å². The van der Waals surface area contributed by atoms with Crippen LogP contribution in [0.5, 0.6) is 0 Å². The van der Waals surface area contributed by atoms with Crippen LogP contribution in [-0.4, -0.2) is 33.8 Å². The molecule has 8 aromatic carbocycles. The van der Waals surface area contributed by atoms with Gasteiger partial charge in [0.1, 0.15) is 7.11 Å². The fourth-order valence-electron chi connectivity index (χ4n) is 10.3. The molecule has 272 valence electrons. The first-order chi connectivity index (χ1) is 27.5. The molecule has 0 atom stereocenters. The molecule has 0 amide bonds. The van der Waals surface area contributed by atoms with Gasteiger partial charge in [0, 0.05) is 0 Å². The molecule has 1 nitrogen and oxygen atoms in total. The summed E-state index contributed by atoms with van der Waals surface area (Å²) in [5.74, 6) is 0. The molecule has 0 aromatic heterocycles. The van der Waals surface area contributed by atoms with Gasteiger partial charge in [-0.2, -0.15) is 0 Å². The summed E-state index contributed by atoms with van der Waals surface area (Å²) in [6.07, 6.45) is 0. The van der Waals surface area contributed by atoms with Gasteiger partial charge < -0.3 is 4.43 Å². The van der Waals surface area contributed by atoms with Gasteiger partial charge in [0.25, 0.3) is 7.83 Å². The van der Waals surface area contributed by atoms with Gasteiger partial charge in [-0.25, -0.2) is 0 Å². The average molecular weight is 828 g/mol. The van der Waals surface area contributed by atoms with Crippen molar-refractivity contribution in [2.24, 2.45) is 0 Å². The van der Waals surface area contributed by atoms with Gasteiger partial charge in [-0.3, -0.25) is 0 Å². The van der Waals surface area contributed by atoms with Crippen molar-refractivity contribution in [1.82, 2.24) is 0 Å². The van der Waals surface area contributed by atoms with Crippen molar-refractivity contribution in [2.75, 3.05) is 0 Å². The van der Waals surface area contributed by atoms with Gasteiger partial charge in [0.05, 0.1) is 0 Å². The van der Waals surface area contributed by atoms with E-state index in [1.165, 1.54) is 41.5 Å². The van der Waals surface area contributed by atoms with Crippen LogP contribution < -0.4 is 41.5 Å². The second-order valence-corrected chi connectivity index (χ2v) is 44.1. The van der Waals surface area contributed by atoms with Crippen LogP contribution >= 0.6 is 23.2 Å². The Morgan fingerprint density at radius 2 is 0.482 bits per heavy atom. The van der Waals surface area contributed by atoms with Crippen LogP contribution in [0.25, 0.3) is 0 Å². The summed E-state index contributed by atoms with van der Waals surface area (Å²) in [4.78, 5) is 0. The molecule has 1 saturated heterocycles. The fraction of sp³-hybridized carbons (Fsp3) is 0.0204. The Morgan fingerprint density at radius 3 is 0.750 bits per heavy atom. The van der Waals surface area contributed by atoms with Gasteiger partial charge in [0.2, 0.25) is 0 Å². The van der Waals surface area contributed by atoms with E-state index in [1.807, 2.05) is 0 Å². The summed E-state index contributed by atoms with van der Waals surface area (Å²) in [5, 5.41) is 9.99. The molecule has 0 saturated carbocycles. The predicted octanol–water partition coefficient (Wildman–Crippen LogP) is 6.47. The van der Waals surface area contributed by atoms with Crippen LogP contribution in [0.3, 0.4) is 0 Å². The summed E-state index contributed by atoms with van der Waals surface area (Å²) in [5.41, 5.74) is 0. The standard InChI is InChI=1S/C49H40Cl2OSi4/c50-49(51)52-54(43-29-13-3-14-30-43,44-31-15-4-16-32-44)56(47-37-21-7-22-38-47,48-39-23-8-24-40-48)55(45-33-17-5-18-34-45,46-35-19-6-20-36-46)53(49,41-25-9-1-10-26-41)42-27-11-2-12-28-42/h1-40H. The molecule has 0 radical (unpaired) electrons. The molecule has 0 spiro atoms. The van der Waals surface area contributed by atoms with E-state index in [9.17, 15) is 0 Å². The summed E-state index contributed by atoms with van der Waals surface area (Å²) >= 11 is 17.3. The lowest BCUT2D eigenvalue weighted by molar-refractivity contribution is 0.320. The fourth-order valence-corrected chi connectivity index (χ4v) is 92.4. The first kappa shape index (κ1) is 36.8. The van der Waals surface area contributed by atoms with E-state index in [2.05, 4.69) is 243 Å². The minimum atomic E-state index is -3.74. The third-order valence-corrected chi connectivity index (χ3v) is 66.8. The molecule has 0 aliphatic carbocycles. The molecule has 1 aliphatic rings. The molecule has 1 heterocycles. The van der Waals surface area contributed by atoms with Gasteiger partial charge in [0.15, 0.2) is 18.8 Å². The lowest BCUT2D eigenvalue weighted by atomic mass is 10.4. The Hall–Kier alpha value is -4.83. The molecule has 1 fully saturated rings. The third-order valence-electron chi connectivity index (χ3n) is 12.0. The van der Waals surface area contributed by atoms with Gasteiger partial charge in [-0.15, -0.1) is 0 Å². The van der Waals surface area contributed by atoms with Gasteiger partial charge in [-0.1, -0.05) is 297 Å². The minimum Gasteiger partial charge on any atom is -0.383 e. The molecular formula is C49H40Cl2OSi4. The number of halogens is 2. The smallest absolute Gasteiger partial charge is 0.252 e. The number of rotatable bonds is 8. The van der Waals surface area contributed by atoms with Crippen molar-refractivity contribution in [3.63, 3.8) is 0 Å². The maximum atomic E-state index is 8.63. The van der Waals surface area contributed by atoms with Gasteiger partial charge in [-0.05, 0) is 10.4 Å². The summed E-state index contributed by atoms with van der Waals surface area (Å²) in [7, 11) is -14.7. The summed E-state index contributed by atoms with van der Waals surface area (Å²) < 4.78 is 6.75. The number of benzene rings is 8. The van der Waals surface area contributed by atoms with Crippen LogP contribution in [0.2, 0.25) is 0 Å². The molecular weight excluding hydrogens is 788 g/mol. The molecule has 8 aromatic rings. The van der Waals surface area contributed by atoms with E-state index in [0.29, 0.717) is 0 Å². The number of hydrogen-bond acceptors (Lipinski definition) is 1. The van der Waals surface area contributed by atoms with Crippen molar-refractivity contribution in [2.45, 2.75) is 4.14 Å². The molecule has 56 heavy (non-hydrogen) atoms. The Kier molecular flexibility index (Phi) is 9.80. The first-order valence-electron chi connectivity index (χ1n) is 19.1. The maximum absolute atomic E-state index is 8.63. The van der Waals surface area contributed by atoms with Crippen LogP contribution in [0.4, 0.5) is 0 Å². The highest BCUT2D eigenvalue weighted by Crippen LogP contribution is 2.51. The average Bonchev–Trinajstić information content (AvgIpc) is 3.28. The van der Waals surface area contributed by atoms with Crippen LogP contribution in [0.15, 0.2) is 243 Å². The summed E-state index contributed by atoms with van der Waals surface area (Å²) in [6.45, 7) is 0. The largest absolute Gasteiger partial charge is 0.383 e. The monoisotopic (exact) mass is 826 g/mol. The highest BCUT2D eigenvalue weighted by atomic mass is 35.5. The Labute approximate surface area is 343 Å². The molecule has 0 N–H and O–H groups in total. The predicted molar refractivity (Wildman–Crippen MR) is 247 cm³/mol. The van der Waals surface area contributed by atoms with E-state index in [-0.39, 0.29) is 0 Å². The van der Waals surface area contributed by atoms with Crippen molar-refractivity contribution >= 4 is 94.3 Å². The van der Waals surface area contributed by atoms with E-state index in [4.69, 9.17) is 27.6 Å². The van der Waals surface area contributed by atoms with Crippen LogP contribution in [0.1, 0.15) is 0 Å². The highest BCUT2D eigenvalue weighted by Gasteiger charge is 2.88. The normalized spacial score (nSPS) is 17.4. The second kappa shape index (κ2) is 14.9. The van der Waals surface area contributed by atoms with E-state index >= 15 is 0 Å². The molecule has 0 unspecified atom stereocenters. The minimum absolute atomic E-state index is 1.17. The van der Waals surface area contributed by atoms with Gasteiger partial charge >= 0.3 is 0 Å². The number of alkyl halides is 2. The molecule has 1 aliphatic heterocycles. The Balaban J connectivity index is 1.71. The lowest BCUT2D eigenvalue weighted by Gasteiger charge is -2.70. The first-order valence-corrected chi connectivity index (χ1v) is 30.7. The zero-order valence-electron chi connectivity index (χ0n) is 30.8. The maximum Gasteiger partial charge on any atom is 0.252 e. The Morgan fingerprint density at radius 1 is 0.268 bits per heavy atom. The zero-order valence-corrected chi connectivity index (χ0v) is 36.3. The number of hydrogen-bond donors (Lipinski definition) is 0. The molecule has 7 heteroatoms. The van der Waals surface area contributed by atoms with E-state index in [1.54, 1.807) is 0 Å². The van der Waals surface area contributed by atoms with Crippen LogP contribution in [-0.2, 0) is 4.43 Å².